The molecule has 150 valence electrons. The Labute approximate surface area is 169 Å². The average Bonchev–Trinajstić information content (AvgIpc) is 2.70. The molecule has 0 bridgehead atoms. The van der Waals surface area contributed by atoms with Gasteiger partial charge in [-0.05, 0) is 50.3 Å². The van der Waals surface area contributed by atoms with E-state index in [1.807, 2.05) is 82.3 Å². The summed E-state index contributed by atoms with van der Waals surface area (Å²) in [5.41, 5.74) is 3.26. The molecule has 0 saturated carbocycles. The predicted octanol–water partition coefficient (Wildman–Crippen LogP) is 3.91. The molecular weight excluding hydrogens is 348 g/mol. The van der Waals surface area contributed by atoms with E-state index in [1.54, 1.807) is 4.90 Å². The van der Waals surface area contributed by atoms with Gasteiger partial charge in [0.25, 0.3) is 0 Å². The first kappa shape index (κ1) is 21.7. The third kappa shape index (κ3) is 6.22. The minimum Gasteiger partial charge on any atom is -0.352 e. The highest BCUT2D eigenvalue weighted by molar-refractivity contribution is 5.88. The highest BCUT2D eigenvalue weighted by Crippen LogP contribution is 2.13. The molecule has 0 unspecified atom stereocenters. The maximum Gasteiger partial charge on any atom is 0.242 e. The Morgan fingerprint density at radius 2 is 1.64 bits per heavy atom. The molecule has 0 radical (unpaired) electrons. The van der Waals surface area contributed by atoms with Crippen molar-refractivity contribution >= 4 is 11.8 Å². The van der Waals surface area contributed by atoms with E-state index < -0.39 is 6.04 Å². The second-order valence-corrected chi connectivity index (χ2v) is 7.42. The molecule has 4 heteroatoms. The maximum atomic E-state index is 13.1. The van der Waals surface area contributed by atoms with Crippen molar-refractivity contribution in [3.05, 3.63) is 71.3 Å². The molecule has 2 atom stereocenters. The number of nitrogens with zero attached hydrogens (tertiary/aromatic N) is 1. The van der Waals surface area contributed by atoms with Crippen LogP contribution in [0.25, 0.3) is 0 Å². The van der Waals surface area contributed by atoms with Gasteiger partial charge in [0.1, 0.15) is 6.04 Å². The van der Waals surface area contributed by atoms with Gasteiger partial charge in [-0.3, -0.25) is 9.59 Å². The number of amides is 2. The fourth-order valence-electron chi connectivity index (χ4n) is 3.11. The fraction of sp³-hybridized carbons (Fsp3) is 0.417. The van der Waals surface area contributed by atoms with Gasteiger partial charge in [-0.15, -0.1) is 0 Å². The van der Waals surface area contributed by atoms with E-state index in [1.165, 1.54) is 0 Å². The second-order valence-electron chi connectivity index (χ2n) is 7.42. The lowest BCUT2D eigenvalue weighted by Gasteiger charge is -2.30. The lowest BCUT2D eigenvalue weighted by molar-refractivity contribution is -0.139. The van der Waals surface area contributed by atoms with E-state index in [4.69, 9.17) is 0 Å². The van der Waals surface area contributed by atoms with Crippen LogP contribution >= 0.6 is 0 Å². The quantitative estimate of drug-likeness (QED) is 0.717. The first-order chi connectivity index (χ1) is 13.4. The number of benzene rings is 2. The molecule has 0 aliphatic carbocycles. The third-order valence-electron chi connectivity index (χ3n) is 5.26. The smallest absolute Gasteiger partial charge is 0.242 e. The summed E-state index contributed by atoms with van der Waals surface area (Å²) >= 11 is 0. The zero-order valence-corrected chi connectivity index (χ0v) is 17.4. The number of aryl methyl sites for hydroxylation is 1. The normalized spacial score (nSPS) is 12.9. The molecule has 0 aromatic heterocycles. The number of carbonyl (C=O) groups excluding carboxylic acids is 2. The molecule has 2 aromatic carbocycles. The summed E-state index contributed by atoms with van der Waals surface area (Å²) in [5.74, 6) is -0.113. The summed E-state index contributed by atoms with van der Waals surface area (Å²) in [7, 11) is 0. The zero-order valence-electron chi connectivity index (χ0n) is 17.4. The summed E-state index contributed by atoms with van der Waals surface area (Å²) < 4.78 is 0. The Hall–Kier alpha value is -2.62. The predicted molar refractivity (Wildman–Crippen MR) is 114 cm³/mol. The van der Waals surface area contributed by atoms with E-state index in [2.05, 4.69) is 5.32 Å². The Balaban J connectivity index is 2.15. The van der Waals surface area contributed by atoms with Gasteiger partial charge >= 0.3 is 0 Å². The second kappa shape index (κ2) is 10.6. The summed E-state index contributed by atoms with van der Waals surface area (Å²) in [6.07, 6.45) is 1.89. The molecule has 28 heavy (non-hydrogen) atoms. The Kier molecular flexibility index (Phi) is 8.24. The number of nitrogens with one attached hydrogen (secondary N) is 1. The lowest BCUT2D eigenvalue weighted by atomic mass is 10.0. The van der Waals surface area contributed by atoms with Crippen LogP contribution in [0, 0.1) is 6.92 Å². The molecule has 1 N–H and O–H groups in total. The fourth-order valence-corrected chi connectivity index (χ4v) is 3.11. The molecule has 0 aliphatic heterocycles. The molecule has 2 aromatic rings. The van der Waals surface area contributed by atoms with Crippen molar-refractivity contribution in [2.24, 2.45) is 0 Å². The number of carbonyl (C=O) groups is 2. The first-order valence-electron chi connectivity index (χ1n) is 10.1. The third-order valence-corrected chi connectivity index (χ3v) is 5.26. The largest absolute Gasteiger partial charge is 0.352 e. The van der Waals surface area contributed by atoms with Crippen molar-refractivity contribution < 1.29 is 9.59 Å². The van der Waals surface area contributed by atoms with Crippen molar-refractivity contribution in [3.8, 4) is 0 Å². The van der Waals surface area contributed by atoms with E-state index in [-0.39, 0.29) is 17.9 Å². The van der Waals surface area contributed by atoms with Gasteiger partial charge in [-0.25, -0.2) is 0 Å². The van der Waals surface area contributed by atoms with Crippen molar-refractivity contribution in [3.63, 3.8) is 0 Å². The van der Waals surface area contributed by atoms with Crippen LogP contribution in [0.5, 0.6) is 0 Å². The van der Waals surface area contributed by atoms with Crippen LogP contribution in [0.15, 0.2) is 54.6 Å². The lowest BCUT2D eigenvalue weighted by Crippen LogP contribution is -2.50. The van der Waals surface area contributed by atoms with Gasteiger partial charge in [-0.2, -0.15) is 0 Å². The van der Waals surface area contributed by atoms with Crippen molar-refractivity contribution in [2.75, 3.05) is 6.54 Å². The van der Waals surface area contributed by atoms with Crippen molar-refractivity contribution in [1.82, 2.24) is 10.2 Å². The van der Waals surface area contributed by atoms with E-state index >= 15 is 0 Å². The highest BCUT2D eigenvalue weighted by Gasteiger charge is 2.26. The zero-order chi connectivity index (χ0) is 20.5. The van der Waals surface area contributed by atoms with Crippen molar-refractivity contribution in [1.29, 1.82) is 0 Å². The van der Waals surface area contributed by atoms with Gasteiger partial charge in [-0.1, -0.05) is 61.5 Å². The van der Waals surface area contributed by atoms with E-state index in [0.29, 0.717) is 13.0 Å². The average molecular weight is 381 g/mol. The minimum absolute atomic E-state index is 0.0166. The monoisotopic (exact) mass is 380 g/mol. The van der Waals surface area contributed by atoms with Gasteiger partial charge in [0.15, 0.2) is 0 Å². The summed E-state index contributed by atoms with van der Waals surface area (Å²) in [6, 6.07) is 17.6. The number of hydrogen-bond donors (Lipinski definition) is 1. The molecule has 0 spiro atoms. The van der Waals surface area contributed by atoms with Crippen LogP contribution in [0.2, 0.25) is 0 Å². The topological polar surface area (TPSA) is 49.4 Å². The summed E-state index contributed by atoms with van der Waals surface area (Å²) in [6.45, 7) is 8.36. The Bertz CT molecular complexity index is 773. The Morgan fingerprint density at radius 1 is 1.00 bits per heavy atom. The Morgan fingerprint density at radius 3 is 2.29 bits per heavy atom. The summed E-state index contributed by atoms with van der Waals surface area (Å²) in [4.78, 5) is 27.5. The molecule has 0 aliphatic rings. The SMILES string of the molecule is CC[C@H](C)NC(=O)[C@@H](C)N(CCc1ccccc1)C(=O)Cc1ccccc1C. The van der Waals surface area contributed by atoms with E-state index in [9.17, 15) is 9.59 Å². The number of rotatable bonds is 9. The molecule has 2 rings (SSSR count). The first-order valence-corrected chi connectivity index (χ1v) is 10.1. The van der Waals surface area contributed by atoms with Crippen LogP contribution in [-0.2, 0) is 22.4 Å². The maximum absolute atomic E-state index is 13.1. The van der Waals surface area contributed by atoms with Gasteiger partial charge in [0.2, 0.25) is 11.8 Å². The van der Waals surface area contributed by atoms with Gasteiger partial charge < -0.3 is 10.2 Å². The minimum atomic E-state index is -0.505. The molecule has 0 heterocycles. The van der Waals surface area contributed by atoms with Crippen LogP contribution in [0.4, 0.5) is 0 Å². The molecule has 4 nitrogen and oxygen atoms in total. The van der Waals surface area contributed by atoms with E-state index in [0.717, 1.165) is 29.5 Å². The summed E-state index contributed by atoms with van der Waals surface area (Å²) in [5, 5.41) is 3.01. The van der Waals surface area contributed by atoms with Crippen LogP contribution < -0.4 is 5.32 Å². The van der Waals surface area contributed by atoms with Crippen LogP contribution in [0.3, 0.4) is 0 Å². The van der Waals surface area contributed by atoms with Crippen LogP contribution in [-0.4, -0.2) is 35.3 Å². The molecule has 2 amide bonds. The van der Waals surface area contributed by atoms with Gasteiger partial charge in [0.05, 0.1) is 6.42 Å². The van der Waals surface area contributed by atoms with Crippen LogP contribution in [0.1, 0.15) is 43.9 Å². The van der Waals surface area contributed by atoms with Gasteiger partial charge in [0, 0.05) is 12.6 Å². The molecular formula is C24H32N2O2. The molecule has 0 fully saturated rings. The molecule has 0 saturated heterocycles. The number of hydrogen-bond acceptors (Lipinski definition) is 2. The standard InChI is InChI=1S/C24H32N2O2/c1-5-19(3)25-24(28)20(4)26(16-15-21-12-7-6-8-13-21)23(27)17-22-14-10-9-11-18(22)2/h6-14,19-20H,5,15-17H2,1-4H3,(H,25,28)/t19-,20+/m0/s1. The highest BCUT2D eigenvalue weighted by atomic mass is 16.2. The van der Waals surface area contributed by atoms with Crippen molar-refractivity contribution in [2.45, 2.75) is 59.0 Å².